The highest BCUT2D eigenvalue weighted by Gasteiger charge is 2.26. The average molecular weight is 348 g/mol. The molecule has 0 amide bonds. The van der Waals surface area contributed by atoms with Crippen molar-refractivity contribution in [2.24, 2.45) is 5.41 Å². The van der Waals surface area contributed by atoms with Crippen molar-refractivity contribution < 1.29 is 0 Å². The molecular formula is C22H28N4. The summed E-state index contributed by atoms with van der Waals surface area (Å²) in [6.45, 7) is 7.77. The maximum absolute atomic E-state index is 4.59. The van der Waals surface area contributed by atoms with Gasteiger partial charge < -0.3 is 10.3 Å². The molecule has 1 fully saturated rings. The molecule has 1 aliphatic rings. The first kappa shape index (κ1) is 17.2. The van der Waals surface area contributed by atoms with Crippen molar-refractivity contribution in [3.05, 3.63) is 47.9 Å². The Morgan fingerprint density at radius 1 is 1.15 bits per heavy atom. The van der Waals surface area contributed by atoms with Gasteiger partial charge in [-0.25, -0.2) is 9.97 Å². The molecule has 0 radical (unpaired) electrons. The third kappa shape index (κ3) is 3.65. The molecule has 4 nitrogen and oxygen atoms in total. The lowest BCUT2D eigenvalue weighted by molar-refractivity contribution is 0.206. The van der Waals surface area contributed by atoms with Gasteiger partial charge in [0.05, 0.1) is 11.8 Å². The molecule has 0 saturated heterocycles. The zero-order valence-corrected chi connectivity index (χ0v) is 16.0. The standard InChI is InChI=1S/C22H28N4/c1-15-19(12-20-21(26-15)25-14-24-20)17-6-4-16(5-7-17)13-23-18-8-10-22(2,3)11-9-18/h4-7,12,14,18,23H,8-11,13H2,1-3H3,(H,24,25,26). The number of H-pyrrole nitrogens is 1. The van der Waals surface area contributed by atoms with Crippen LogP contribution in [0.2, 0.25) is 0 Å². The zero-order chi connectivity index (χ0) is 18.1. The van der Waals surface area contributed by atoms with Crippen LogP contribution in [0.25, 0.3) is 22.3 Å². The summed E-state index contributed by atoms with van der Waals surface area (Å²) in [5.41, 5.74) is 7.01. The quantitative estimate of drug-likeness (QED) is 0.698. The molecule has 0 unspecified atom stereocenters. The number of fused-ring (bicyclic) bond motifs is 1. The minimum Gasteiger partial charge on any atom is -0.343 e. The van der Waals surface area contributed by atoms with Gasteiger partial charge in [0.2, 0.25) is 0 Å². The molecule has 0 atom stereocenters. The summed E-state index contributed by atoms with van der Waals surface area (Å²) in [6, 6.07) is 11.7. The fourth-order valence-electron chi connectivity index (χ4n) is 3.92. The number of benzene rings is 1. The first-order chi connectivity index (χ1) is 12.5. The second-order valence-corrected chi connectivity index (χ2v) is 8.41. The van der Waals surface area contributed by atoms with E-state index in [0.717, 1.165) is 29.0 Å². The van der Waals surface area contributed by atoms with Crippen LogP contribution < -0.4 is 5.32 Å². The summed E-state index contributed by atoms with van der Waals surface area (Å²) in [6.07, 6.45) is 6.93. The normalized spacial score (nSPS) is 17.7. The molecule has 1 saturated carbocycles. The van der Waals surface area contributed by atoms with Crippen molar-refractivity contribution in [2.45, 2.75) is 59.0 Å². The van der Waals surface area contributed by atoms with Crippen LogP contribution >= 0.6 is 0 Å². The summed E-state index contributed by atoms with van der Waals surface area (Å²) < 4.78 is 0. The molecule has 26 heavy (non-hydrogen) atoms. The van der Waals surface area contributed by atoms with Gasteiger partial charge in [-0.05, 0) is 55.2 Å². The molecule has 1 aromatic carbocycles. The van der Waals surface area contributed by atoms with E-state index < -0.39 is 0 Å². The number of nitrogens with zero attached hydrogens (tertiary/aromatic N) is 2. The Kier molecular flexibility index (Phi) is 4.53. The van der Waals surface area contributed by atoms with Crippen molar-refractivity contribution in [2.75, 3.05) is 0 Å². The highest BCUT2D eigenvalue weighted by molar-refractivity contribution is 5.79. The SMILES string of the molecule is Cc1nc2nc[nH]c2cc1-c1ccc(CNC2CCC(C)(C)CC2)cc1. The monoisotopic (exact) mass is 348 g/mol. The molecule has 1 aliphatic carbocycles. The van der Waals surface area contributed by atoms with Crippen LogP contribution in [-0.4, -0.2) is 21.0 Å². The van der Waals surface area contributed by atoms with Crippen LogP contribution in [0.3, 0.4) is 0 Å². The van der Waals surface area contributed by atoms with Gasteiger partial charge in [0, 0.05) is 23.8 Å². The van der Waals surface area contributed by atoms with E-state index in [1.807, 2.05) is 6.92 Å². The second-order valence-electron chi connectivity index (χ2n) is 8.41. The van der Waals surface area contributed by atoms with Gasteiger partial charge in [-0.2, -0.15) is 0 Å². The molecule has 2 aromatic heterocycles. The van der Waals surface area contributed by atoms with Crippen molar-refractivity contribution >= 4 is 11.2 Å². The number of rotatable bonds is 4. The molecular weight excluding hydrogens is 320 g/mol. The Morgan fingerprint density at radius 3 is 2.62 bits per heavy atom. The molecule has 0 aliphatic heterocycles. The zero-order valence-electron chi connectivity index (χ0n) is 16.0. The fourth-order valence-corrected chi connectivity index (χ4v) is 3.92. The van der Waals surface area contributed by atoms with Crippen LogP contribution in [0.1, 0.15) is 50.8 Å². The largest absolute Gasteiger partial charge is 0.343 e. The number of aromatic nitrogens is 3. The maximum Gasteiger partial charge on any atom is 0.177 e. The predicted octanol–water partition coefficient (Wildman–Crippen LogP) is 4.99. The lowest BCUT2D eigenvalue weighted by atomic mass is 9.75. The Hall–Kier alpha value is -2.20. The molecule has 0 bridgehead atoms. The van der Waals surface area contributed by atoms with E-state index in [2.05, 4.69) is 64.4 Å². The van der Waals surface area contributed by atoms with Gasteiger partial charge in [0.15, 0.2) is 5.65 Å². The number of imidazole rings is 1. The Labute approximate surface area is 155 Å². The Bertz CT molecular complexity index is 882. The third-order valence-electron chi connectivity index (χ3n) is 5.80. The van der Waals surface area contributed by atoms with E-state index in [0.29, 0.717) is 11.5 Å². The first-order valence-electron chi connectivity index (χ1n) is 9.64. The molecule has 2 N–H and O–H groups in total. The molecule has 3 aromatic rings. The number of aromatic amines is 1. The van der Waals surface area contributed by atoms with Crippen LogP contribution in [0.15, 0.2) is 36.7 Å². The molecule has 2 heterocycles. The summed E-state index contributed by atoms with van der Waals surface area (Å²) >= 11 is 0. The van der Waals surface area contributed by atoms with Crippen molar-refractivity contribution in [3.63, 3.8) is 0 Å². The van der Waals surface area contributed by atoms with Crippen LogP contribution in [0.4, 0.5) is 0 Å². The molecule has 4 rings (SSSR count). The van der Waals surface area contributed by atoms with Gasteiger partial charge in [0.1, 0.15) is 0 Å². The second kappa shape index (κ2) is 6.84. The predicted molar refractivity (Wildman–Crippen MR) is 107 cm³/mol. The third-order valence-corrected chi connectivity index (χ3v) is 5.80. The van der Waals surface area contributed by atoms with Crippen molar-refractivity contribution in [3.8, 4) is 11.1 Å². The van der Waals surface area contributed by atoms with E-state index in [4.69, 9.17) is 0 Å². The first-order valence-corrected chi connectivity index (χ1v) is 9.64. The van der Waals surface area contributed by atoms with E-state index in [9.17, 15) is 0 Å². The van der Waals surface area contributed by atoms with Crippen LogP contribution in [0, 0.1) is 12.3 Å². The number of hydrogen-bond donors (Lipinski definition) is 2. The lowest BCUT2D eigenvalue weighted by Gasteiger charge is -2.34. The van der Waals surface area contributed by atoms with E-state index in [1.54, 1.807) is 6.33 Å². The number of nitrogens with one attached hydrogen (secondary N) is 2. The minimum absolute atomic E-state index is 0.529. The van der Waals surface area contributed by atoms with Gasteiger partial charge in [-0.15, -0.1) is 0 Å². The smallest absolute Gasteiger partial charge is 0.177 e. The van der Waals surface area contributed by atoms with Crippen LogP contribution in [0.5, 0.6) is 0 Å². The average Bonchev–Trinajstić information content (AvgIpc) is 3.08. The van der Waals surface area contributed by atoms with Gasteiger partial charge >= 0.3 is 0 Å². The fraction of sp³-hybridized carbons (Fsp3) is 0.455. The highest BCUT2D eigenvalue weighted by Crippen LogP contribution is 2.35. The van der Waals surface area contributed by atoms with E-state index in [1.165, 1.54) is 36.8 Å². The minimum atomic E-state index is 0.529. The topological polar surface area (TPSA) is 53.6 Å². The van der Waals surface area contributed by atoms with Crippen molar-refractivity contribution in [1.82, 2.24) is 20.3 Å². The van der Waals surface area contributed by atoms with Gasteiger partial charge in [-0.1, -0.05) is 38.1 Å². The van der Waals surface area contributed by atoms with Gasteiger partial charge in [0.25, 0.3) is 0 Å². The lowest BCUT2D eigenvalue weighted by Crippen LogP contribution is -2.35. The van der Waals surface area contributed by atoms with Crippen molar-refractivity contribution in [1.29, 1.82) is 0 Å². The number of hydrogen-bond acceptors (Lipinski definition) is 3. The molecule has 4 heteroatoms. The summed E-state index contributed by atoms with van der Waals surface area (Å²) in [7, 11) is 0. The molecule has 0 spiro atoms. The molecule has 136 valence electrons. The van der Waals surface area contributed by atoms with E-state index >= 15 is 0 Å². The Morgan fingerprint density at radius 2 is 1.88 bits per heavy atom. The summed E-state index contributed by atoms with van der Waals surface area (Å²) in [4.78, 5) is 12.0. The van der Waals surface area contributed by atoms with Gasteiger partial charge in [-0.3, -0.25) is 0 Å². The summed E-state index contributed by atoms with van der Waals surface area (Å²) in [5, 5.41) is 3.74. The summed E-state index contributed by atoms with van der Waals surface area (Å²) in [5.74, 6) is 0. The number of aryl methyl sites for hydroxylation is 1. The maximum atomic E-state index is 4.59. The van der Waals surface area contributed by atoms with Crippen LogP contribution in [-0.2, 0) is 6.54 Å². The van der Waals surface area contributed by atoms with E-state index in [-0.39, 0.29) is 0 Å². The Balaban J connectivity index is 1.42. The highest BCUT2D eigenvalue weighted by atomic mass is 15.0. The number of pyridine rings is 1.